The number of rotatable bonds is 5. The van der Waals surface area contributed by atoms with E-state index in [-0.39, 0.29) is 35.3 Å². The molecule has 3 aromatic rings. The number of benzene rings is 1. The van der Waals surface area contributed by atoms with Gasteiger partial charge in [-0.05, 0) is 62.9 Å². The maximum atomic E-state index is 13.5. The number of carbonyl (C=O) groups excluding carboxylic acids is 2. The van der Waals surface area contributed by atoms with Crippen molar-refractivity contribution in [3.63, 3.8) is 0 Å². The summed E-state index contributed by atoms with van der Waals surface area (Å²) in [7, 11) is 0. The second-order valence-electron chi connectivity index (χ2n) is 9.15. The maximum absolute atomic E-state index is 13.5. The first-order valence-electron chi connectivity index (χ1n) is 11.3. The molecule has 1 saturated heterocycles. The predicted octanol–water partition coefficient (Wildman–Crippen LogP) is 4.58. The zero-order chi connectivity index (χ0) is 23.0. The number of nitrogens with zero attached hydrogens (tertiary/aromatic N) is 4. The van der Waals surface area contributed by atoms with Gasteiger partial charge < -0.3 is 10.0 Å². The van der Waals surface area contributed by atoms with Crippen LogP contribution in [0.2, 0.25) is 0 Å². The first-order chi connectivity index (χ1) is 15.3. The van der Waals surface area contributed by atoms with Gasteiger partial charge in [0.15, 0.2) is 11.4 Å². The molecule has 1 N–H and O–H groups in total. The predicted molar refractivity (Wildman–Crippen MR) is 123 cm³/mol. The molecule has 1 fully saturated rings. The number of amides is 1. The summed E-state index contributed by atoms with van der Waals surface area (Å²) in [4.78, 5) is 32.9. The quantitative estimate of drug-likeness (QED) is 0.594. The lowest BCUT2D eigenvalue weighted by Crippen LogP contribution is -2.40. The second kappa shape index (κ2) is 8.73. The molecule has 0 atom stereocenters. The first kappa shape index (κ1) is 22.0. The number of aromatic hydroxyl groups is 1. The van der Waals surface area contributed by atoms with Gasteiger partial charge in [0.05, 0.1) is 17.1 Å². The molecule has 1 aliphatic heterocycles. The summed E-state index contributed by atoms with van der Waals surface area (Å²) in [6, 6.07) is 8.42. The number of Topliss-reactive ketones (excluding diaryl/α,β-unsaturated/α-hetero) is 1. The van der Waals surface area contributed by atoms with E-state index in [1.54, 1.807) is 18.3 Å². The van der Waals surface area contributed by atoms with Crippen molar-refractivity contribution in [3.8, 4) is 5.75 Å². The van der Waals surface area contributed by atoms with Gasteiger partial charge in [0.25, 0.3) is 5.91 Å². The van der Waals surface area contributed by atoms with Crippen molar-refractivity contribution in [1.82, 2.24) is 19.7 Å². The molecule has 0 radical (unpaired) electrons. The van der Waals surface area contributed by atoms with Crippen LogP contribution in [0, 0.1) is 5.92 Å². The Labute approximate surface area is 188 Å². The molecule has 1 amide bonds. The number of carbonyl (C=O) groups is 2. The van der Waals surface area contributed by atoms with Crippen LogP contribution < -0.4 is 0 Å². The topological polar surface area (TPSA) is 88.3 Å². The minimum absolute atomic E-state index is 0.0295. The smallest absolute Gasteiger partial charge is 0.254 e. The molecular formula is C25H30N4O3. The molecule has 7 nitrogen and oxygen atoms in total. The molecule has 3 heterocycles. The Balaban J connectivity index is 1.55. The lowest BCUT2D eigenvalue weighted by atomic mass is 9.88. The van der Waals surface area contributed by atoms with Gasteiger partial charge in [-0.25, -0.2) is 9.67 Å². The van der Waals surface area contributed by atoms with Crippen LogP contribution in [0.15, 0.2) is 36.5 Å². The zero-order valence-corrected chi connectivity index (χ0v) is 19.1. The van der Waals surface area contributed by atoms with Gasteiger partial charge in [-0.2, -0.15) is 5.10 Å². The molecule has 168 valence electrons. The fourth-order valence-corrected chi connectivity index (χ4v) is 4.26. The molecule has 0 unspecified atom stereocenters. The fourth-order valence-electron chi connectivity index (χ4n) is 4.26. The largest absolute Gasteiger partial charge is 0.508 e. The second-order valence-corrected chi connectivity index (χ2v) is 9.15. The van der Waals surface area contributed by atoms with E-state index in [9.17, 15) is 14.7 Å². The van der Waals surface area contributed by atoms with Crippen LogP contribution in [-0.4, -0.2) is 49.6 Å². The van der Waals surface area contributed by atoms with Gasteiger partial charge in [-0.3, -0.25) is 9.59 Å². The van der Waals surface area contributed by atoms with Crippen molar-refractivity contribution < 1.29 is 14.7 Å². The van der Waals surface area contributed by atoms with E-state index in [1.165, 1.54) is 12.1 Å². The molecule has 0 bridgehead atoms. The van der Waals surface area contributed by atoms with Crippen LogP contribution in [0.5, 0.6) is 5.75 Å². The normalized spacial score (nSPS) is 15.1. The SMILES string of the molecule is CC(C)c1cc(C(=O)N2CCC(C(=O)c3ccc(O)cc3)CC2)c2cnn(C(C)C)c2n1. The van der Waals surface area contributed by atoms with Gasteiger partial charge in [0.2, 0.25) is 0 Å². The average Bonchev–Trinajstić information content (AvgIpc) is 3.22. The number of aromatic nitrogens is 3. The van der Waals surface area contributed by atoms with Crippen LogP contribution in [0.25, 0.3) is 11.0 Å². The maximum Gasteiger partial charge on any atom is 0.254 e. The molecule has 7 heteroatoms. The van der Waals surface area contributed by atoms with Crippen molar-refractivity contribution in [2.45, 2.75) is 52.5 Å². The number of phenolic OH excluding ortho intramolecular Hbond substituents is 1. The summed E-state index contributed by atoms with van der Waals surface area (Å²) in [5.41, 5.74) is 2.85. The molecule has 1 aliphatic rings. The summed E-state index contributed by atoms with van der Waals surface area (Å²) in [5, 5.41) is 14.7. The third kappa shape index (κ3) is 4.11. The minimum Gasteiger partial charge on any atom is -0.508 e. The molecule has 2 aromatic heterocycles. The summed E-state index contributed by atoms with van der Waals surface area (Å²) in [5.74, 6) is 0.264. The van der Waals surface area contributed by atoms with Crippen LogP contribution in [0.4, 0.5) is 0 Å². The minimum atomic E-state index is -0.115. The highest BCUT2D eigenvalue weighted by Crippen LogP contribution is 2.28. The molecule has 32 heavy (non-hydrogen) atoms. The number of phenols is 1. The van der Waals surface area contributed by atoms with Crippen molar-refractivity contribution in [3.05, 3.63) is 53.3 Å². The van der Waals surface area contributed by atoms with E-state index in [1.807, 2.05) is 29.5 Å². The number of piperidine rings is 1. The molecule has 0 saturated carbocycles. The van der Waals surface area contributed by atoms with E-state index < -0.39 is 0 Å². The van der Waals surface area contributed by atoms with E-state index >= 15 is 0 Å². The highest BCUT2D eigenvalue weighted by atomic mass is 16.3. The Bertz CT molecular complexity index is 1140. The van der Waals surface area contributed by atoms with Crippen molar-refractivity contribution >= 4 is 22.7 Å². The first-order valence-corrected chi connectivity index (χ1v) is 11.3. The van der Waals surface area contributed by atoms with E-state index in [0.717, 1.165) is 16.7 Å². The third-order valence-corrected chi connectivity index (χ3v) is 6.20. The van der Waals surface area contributed by atoms with E-state index in [4.69, 9.17) is 4.98 Å². The van der Waals surface area contributed by atoms with Gasteiger partial charge >= 0.3 is 0 Å². The molecule has 1 aromatic carbocycles. The number of likely N-dealkylation sites (tertiary alicyclic amines) is 1. The lowest BCUT2D eigenvalue weighted by molar-refractivity contribution is 0.0651. The van der Waals surface area contributed by atoms with Gasteiger partial charge in [-0.15, -0.1) is 0 Å². The van der Waals surface area contributed by atoms with Crippen LogP contribution in [0.3, 0.4) is 0 Å². The lowest BCUT2D eigenvalue weighted by Gasteiger charge is -2.31. The standard InChI is InChI=1S/C25H30N4O3/c1-15(2)22-13-20(21-14-26-29(16(3)4)24(21)27-22)25(32)28-11-9-18(10-12-28)23(31)17-5-7-19(30)8-6-17/h5-8,13-16,18,30H,9-12H2,1-4H3. The number of fused-ring (bicyclic) bond motifs is 1. The fraction of sp³-hybridized carbons (Fsp3) is 0.440. The molecular weight excluding hydrogens is 404 g/mol. The van der Waals surface area contributed by atoms with Gasteiger partial charge in [0.1, 0.15) is 5.75 Å². The van der Waals surface area contributed by atoms with Crippen molar-refractivity contribution in [2.75, 3.05) is 13.1 Å². The van der Waals surface area contributed by atoms with E-state index in [0.29, 0.717) is 37.1 Å². The summed E-state index contributed by atoms with van der Waals surface area (Å²) < 4.78 is 1.86. The number of hydrogen-bond donors (Lipinski definition) is 1. The Morgan fingerprint density at radius 1 is 1.06 bits per heavy atom. The highest BCUT2D eigenvalue weighted by Gasteiger charge is 2.30. The van der Waals surface area contributed by atoms with Crippen molar-refractivity contribution in [1.29, 1.82) is 0 Å². The van der Waals surface area contributed by atoms with Crippen molar-refractivity contribution in [2.24, 2.45) is 5.92 Å². The van der Waals surface area contributed by atoms with Crippen LogP contribution in [-0.2, 0) is 0 Å². The van der Waals surface area contributed by atoms with Crippen LogP contribution >= 0.6 is 0 Å². The number of pyridine rings is 1. The van der Waals surface area contributed by atoms with Crippen LogP contribution in [0.1, 0.15) is 78.9 Å². The summed E-state index contributed by atoms with van der Waals surface area (Å²) in [6.45, 7) is 9.30. The highest BCUT2D eigenvalue weighted by molar-refractivity contribution is 6.05. The summed E-state index contributed by atoms with van der Waals surface area (Å²) >= 11 is 0. The van der Waals surface area contributed by atoms with Gasteiger partial charge in [0, 0.05) is 36.3 Å². The number of hydrogen-bond acceptors (Lipinski definition) is 5. The Hall–Kier alpha value is -3.22. The molecule has 0 spiro atoms. The number of ketones is 1. The Kier molecular flexibility index (Phi) is 6.00. The Morgan fingerprint density at radius 2 is 1.72 bits per heavy atom. The van der Waals surface area contributed by atoms with Gasteiger partial charge in [-0.1, -0.05) is 13.8 Å². The molecule has 4 rings (SSSR count). The molecule has 0 aliphatic carbocycles. The van der Waals surface area contributed by atoms with E-state index in [2.05, 4.69) is 18.9 Å². The Morgan fingerprint density at radius 3 is 2.31 bits per heavy atom. The zero-order valence-electron chi connectivity index (χ0n) is 19.1. The summed E-state index contributed by atoms with van der Waals surface area (Å²) in [6.07, 6.45) is 2.99. The third-order valence-electron chi connectivity index (χ3n) is 6.20. The monoisotopic (exact) mass is 434 g/mol. The average molecular weight is 435 g/mol.